The third-order valence-electron chi connectivity index (χ3n) is 5.43. The summed E-state index contributed by atoms with van der Waals surface area (Å²) in [6, 6.07) is 7.60. The van der Waals surface area contributed by atoms with E-state index < -0.39 is 6.10 Å². The van der Waals surface area contributed by atoms with E-state index in [1.807, 2.05) is 24.3 Å². The van der Waals surface area contributed by atoms with Gasteiger partial charge in [0, 0.05) is 4.88 Å². The number of aliphatic hydroxyl groups excluding tert-OH is 1. The molecule has 2 aromatic heterocycles. The van der Waals surface area contributed by atoms with Crippen LogP contribution in [0.15, 0.2) is 35.4 Å². The monoisotopic (exact) mass is 414 g/mol. The molecule has 0 saturated heterocycles. The lowest BCUT2D eigenvalue weighted by molar-refractivity contribution is 0.0198. The maximum Gasteiger partial charge on any atom is 0.262 e. The van der Waals surface area contributed by atoms with Gasteiger partial charge in [-0.3, -0.25) is 9.36 Å². The second kappa shape index (κ2) is 8.65. The molecule has 4 rings (SSSR count). The summed E-state index contributed by atoms with van der Waals surface area (Å²) in [4.78, 5) is 19.6. The van der Waals surface area contributed by atoms with E-state index in [-0.39, 0.29) is 18.7 Å². The van der Waals surface area contributed by atoms with Gasteiger partial charge in [-0.05, 0) is 48.4 Å². The average Bonchev–Trinajstić information content (AvgIpc) is 3.09. The van der Waals surface area contributed by atoms with E-state index in [1.54, 1.807) is 24.8 Å². The van der Waals surface area contributed by atoms with Crippen molar-refractivity contribution in [2.24, 2.45) is 5.92 Å². The first-order chi connectivity index (χ1) is 14.0. The molecule has 0 amide bonds. The lowest BCUT2D eigenvalue weighted by Crippen LogP contribution is -2.29. The summed E-state index contributed by atoms with van der Waals surface area (Å²) in [6.45, 7) is 2.96. The molecular formula is C22H26N2O4S. The summed E-state index contributed by atoms with van der Waals surface area (Å²) in [5, 5.41) is 11.1. The number of ether oxygens (including phenoxy) is 2. The Kier molecular flexibility index (Phi) is 5.99. The third kappa shape index (κ3) is 4.37. The molecule has 0 spiro atoms. The molecule has 0 radical (unpaired) electrons. The Hall–Kier alpha value is -2.22. The molecule has 2 atom stereocenters. The number of hydrogen-bond acceptors (Lipinski definition) is 6. The van der Waals surface area contributed by atoms with Crippen molar-refractivity contribution in [2.45, 2.75) is 45.4 Å². The number of methoxy groups -OCH3 is 1. The number of hydrogen-bond donors (Lipinski definition) is 1. The maximum atomic E-state index is 13.0. The molecule has 2 heterocycles. The Morgan fingerprint density at radius 3 is 2.90 bits per heavy atom. The minimum Gasteiger partial charge on any atom is -0.497 e. The standard InChI is InChI=1S/C22H26N2O4S/c1-14-3-8-18-19(9-14)29-21-20(18)22(26)24(13-23-21)10-16(25)12-28-11-15-4-6-17(27-2)7-5-15/h4-7,13-14,16,25H,3,8-12H2,1-2H3/t14-,16-/m0/s1. The van der Waals surface area contributed by atoms with Gasteiger partial charge in [0.1, 0.15) is 10.6 Å². The smallest absolute Gasteiger partial charge is 0.262 e. The first-order valence-electron chi connectivity index (χ1n) is 9.93. The molecule has 6 nitrogen and oxygen atoms in total. The molecule has 0 unspecified atom stereocenters. The van der Waals surface area contributed by atoms with Crippen LogP contribution in [0.5, 0.6) is 5.75 Å². The molecule has 154 valence electrons. The van der Waals surface area contributed by atoms with E-state index in [0.29, 0.717) is 12.5 Å². The minimum absolute atomic E-state index is 0.0590. The molecule has 1 aromatic carbocycles. The fraction of sp³-hybridized carbons (Fsp3) is 0.455. The minimum atomic E-state index is -0.778. The molecule has 0 fully saturated rings. The molecule has 1 aliphatic rings. The zero-order valence-electron chi connectivity index (χ0n) is 16.8. The second-order valence-electron chi connectivity index (χ2n) is 7.75. The van der Waals surface area contributed by atoms with Crippen molar-refractivity contribution in [3.63, 3.8) is 0 Å². The van der Waals surface area contributed by atoms with E-state index >= 15 is 0 Å². The van der Waals surface area contributed by atoms with E-state index in [0.717, 1.165) is 40.8 Å². The first-order valence-corrected chi connectivity index (χ1v) is 10.7. The molecule has 0 aliphatic heterocycles. The highest BCUT2D eigenvalue weighted by atomic mass is 32.1. The van der Waals surface area contributed by atoms with Gasteiger partial charge in [0.2, 0.25) is 0 Å². The molecule has 1 aliphatic carbocycles. The number of aliphatic hydroxyl groups is 1. The van der Waals surface area contributed by atoms with Crippen LogP contribution < -0.4 is 10.3 Å². The summed E-state index contributed by atoms with van der Waals surface area (Å²) in [5.74, 6) is 1.45. The molecule has 3 aromatic rings. The number of aryl methyl sites for hydroxylation is 1. The van der Waals surface area contributed by atoms with Gasteiger partial charge in [-0.15, -0.1) is 11.3 Å². The van der Waals surface area contributed by atoms with Gasteiger partial charge >= 0.3 is 0 Å². The number of nitrogens with zero attached hydrogens (tertiary/aromatic N) is 2. The Labute approximate surface area is 173 Å². The summed E-state index contributed by atoms with van der Waals surface area (Å²) in [6.07, 6.45) is 3.83. The molecule has 29 heavy (non-hydrogen) atoms. The van der Waals surface area contributed by atoms with Gasteiger partial charge in [-0.25, -0.2) is 4.98 Å². The van der Waals surface area contributed by atoms with Crippen molar-refractivity contribution in [1.82, 2.24) is 9.55 Å². The zero-order chi connectivity index (χ0) is 20.4. The van der Waals surface area contributed by atoms with Crippen LogP contribution in [0.3, 0.4) is 0 Å². The van der Waals surface area contributed by atoms with Crippen molar-refractivity contribution >= 4 is 21.6 Å². The van der Waals surface area contributed by atoms with E-state index in [9.17, 15) is 9.90 Å². The van der Waals surface area contributed by atoms with Crippen molar-refractivity contribution in [3.8, 4) is 5.75 Å². The largest absolute Gasteiger partial charge is 0.497 e. The number of benzene rings is 1. The number of thiophene rings is 1. The Bertz CT molecular complexity index is 1040. The van der Waals surface area contributed by atoms with Crippen LogP contribution in [0, 0.1) is 5.92 Å². The van der Waals surface area contributed by atoms with Gasteiger partial charge in [-0.1, -0.05) is 19.1 Å². The highest BCUT2D eigenvalue weighted by Gasteiger charge is 2.23. The normalized spacial score (nSPS) is 17.3. The predicted molar refractivity (Wildman–Crippen MR) is 114 cm³/mol. The van der Waals surface area contributed by atoms with Gasteiger partial charge in [0.05, 0.1) is 44.7 Å². The van der Waals surface area contributed by atoms with Gasteiger partial charge < -0.3 is 14.6 Å². The SMILES string of the molecule is COc1ccc(COC[C@@H](O)Cn2cnc3sc4c(c3c2=O)CC[C@H](C)C4)cc1. The maximum absolute atomic E-state index is 13.0. The van der Waals surface area contributed by atoms with Gasteiger partial charge in [0.25, 0.3) is 5.56 Å². The summed E-state index contributed by atoms with van der Waals surface area (Å²) in [5.41, 5.74) is 2.11. The Morgan fingerprint density at radius 2 is 2.14 bits per heavy atom. The van der Waals surface area contributed by atoms with Crippen molar-refractivity contribution in [3.05, 3.63) is 57.0 Å². The van der Waals surface area contributed by atoms with Crippen LogP contribution in [0.25, 0.3) is 10.2 Å². The van der Waals surface area contributed by atoms with E-state index in [2.05, 4.69) is 11.9 Å². The van der Waals surface area contributed by atoms with Crippen LogP contribution in [-0.4, -0.2) is 34.5 Å². The molecule has 0 bridgehead atoms. The summed E-state index contributed by atoms with van der Waals surface area (Å²) >= 11 is 1.64. The molecular weight excluding hydrogens is 388 g/mol. The lowest BCUT2D eigenvalue weighted by atomic mass is 9.89. The highest BCUT2D eigenvalue weighted by molar-refractivity contribution is 7.18. The van der Waals surface area contributed by atoms with Gasteiger partial charge in [0.15, 0.2) is 0 Å². The Morgan fingerprint density at radius 1 is 1.34 bits per heavy atom. The quantitative estimate of drug-likeness (QED) is 0.643. The first kappa shape index (κ1) is 20.1. The van der Waals surface area contributed by atoms with Gasteiger partial charge in [-0.2, -0.15) is 0 Å². The van der Waals surface area contributed by atoms with Crippen LogP contribution in [0.2, 0.25) is 0 Å². The number of fused-ring (bicyclic) bond motifs is 3. The molecule has 7 heteroatoms. The fourth-order valence-corrected chi connectivity index (χ4v) is 5.15. The predicted octanol–water partition coefficient (Wildman–Crippen LogP) is 3.17. The average molecular weight is 415 g/mol. The number of aromatic nitrogens is 2. The zero-order valence-corrected chi connectivity index (χ0v) is 17.6. The molecule has 0 saturated carbocycles. The summed E-state index contributed by atoms with van der Waals surface area (Å²) in [7, 11) is 1.63. The lowest BCUT2D eigenvalue weighted by Gasteiger charge is -2.17. The van der Waals surface area contributed by atoms with E-state index in [1.165, 1.54) is 15.0 Å². The van der Waals surface area contributed by atoms with Crippen molar-refractivity contribution in [2.75, 3.05) is 13.7 Å². The van der Waals surface area contributed by atoms with Crippen molar-refractivity contribution in [1.29, 1.82) is 0 Å². The summed E-state index contributed by atoms with van der Waals surface area (Å²) < 4.78 is 12.3. The van der Waals surface area contributed by atoms with Crippen LogP contribution in [0.4, 0.5) is 0 Å². The second-order valence-corrected chi connectivity index (χ2v) is 8.83. The highest BCUT2D eigenvalue weighted by Crippen LogP contribution is 2.35. The van der Waals surface area contributed by atoms with E-state index in [4.69, 9.17) is 9.47 Å². The molecule has 1 N–H and O–H groups in total. The fourth-order valence-electron chi connectivity index (χ4n) is 3.81. The Balaban J connectivity index is 1.40. The number of rotatable bonds is 7. The van der Waals surface area contributed by atoms with Crippen LogP contribution >= 0.6 is 11.3 Å². The third-order valence-corrected chi connectivity index (χ3v) is 6.59. The topological polar surface area (TPSA) is 73.6 Å². The van der Waals surface area contributed by atoms with Crippen molar-refractivity contribution < 1.29 is 14.6 Å². The van der Waals surface area contributed by atoms with Crippen LogP contribution in [0.1, 0.15) is 29.3 Å². The van der Waals surface area contributed by atoms with Crippen LogP contribution in [-0.2, 0) is 30.7 Å².